The molecule has 0 heterocycles. The Hall–Kier alpha value is -2.34. The summed E-state index contributed by atoms with van der Waals surface area (Å²) < 4.78 is 39.9. The smallest absolute Gasteiger partial charge is 0.407 e. The van der Waals surface area contributed by atoms with Gasteiger partial charge in [0.25, 0.3) is 0 Å². The molecule has 0 aliphatic heterocycles. The number of alkyl halides is 3. The molecule has 2 N–H and O–H groups in total. The van der Waals surface area contributed by atoms with Crippen LogP contribution in [0.2, 0.25) is 0 Å². The summed E-state index contributed by atoms with van der Waals surface area (Å²) in [5.41, 5.74) is 0.640. The van der Waals surface area contributed by atoms with Crippen molar-refractivity contribution >= 4 is 5.97 Å². The van der Waals surface area contributed by atoms with Crippen LogP contribution in [-0.4, -0.2) is 23.3 Å². The Kier molecular flexibility index (Phi) is 5.39. The number of carbonyl (C=O) groups is 1. The van der Waals surface area contributed by atoms with E-state index in [1.807, 2.05) is 0 Å². The van der Waals surface area contributed by atoms with E-state index in [1.54, 1.807) is 36.4 Å². The molecule has 2 aromatic rings. The van der Waals surface area contributed by atoms with Gasteiger partial charge in [-0.15, -0.1) is 0 Å². The van der Waals surface area contributed by atoms with E-state index in [0.29, 0.717) is 5.56 Å². The van der Waals surface area contributed by atoms with Crippen molar-refractivity contribution in [3.63, 3.8) is 0 Å². The highest BCUT2D eigenvalue weighted by molar-refractivity contribution is 5.74. The Bertz CT molecular complexity index is 629. The molecule has 2 rings (SSSR count). The van der Waals surface area contributed by atoms with Gasteiger partial charge >= 0.3 is 12.1 Å². The average Bonchev–Trinajstić information content (AvgIpc) is 2.51. The Morgan fingerprint density at radius 2 is 1.52 bits per heavy atom. The summed E-state index contributed by atoms with van der Waals surface area (Å²) in [5.74, 6) is -1.32. The molecule has 0 bridgehead atoms. The van der Waals surface area contributed by atoms with Crippen LogP contribution < -0.4 is 5.32 Å². The Morgan fingerprint density at radius 1 is 1.00 bits per heavy atom. The molecule has 0 radical (unpaired) electrons. The Labute approximate surface area is 131 Å². The first-order chi connectivity index (χ1) is 10.9. The van der Waals surface area contributed by atoms with Crippen molar-refractivity contribution in [3.8, 4) is 0 Å². The standard InChI is InChI=1S/C17H16F3NO2/c18-17(19,20)15(13-9-5-2-6-10-13)21-14(16(22)23)11-12-7-3-1-4-8-12/h1-10,14-15,21H,11H2,(H,22,23)/t14-,15-/m0/s1. The second-order valence-corrected chi connectivity index (χ2v) is 5.13. The average molecular weight is 323 g/mol. The molecule has 3 nitrogen and oxygen atoms in total. The van der Waals surface area contributed by atoms with Gasteiger partial charge < -0.3 is 5.11 Å². The maximum atomic E-state index is 13.3. The summed E-state index contributed by atoms with van der Waals surface area (Å²) in [4.78, 5) is 11.4. The molecule has 0 unspecified atom stereocenters. The fraction of sp³-hybridized carbons (Fsp3) is 0.235. The highest BCUT2D eigenvalue weighted by Gasteiger charge is 2.42. The molecule has 0 saturated heterocycles. The van der Waals surface area contributed by atoms with E-state index in [0.717, 1.165) is 0 Å². The van der Waals surface area contributed by atoms with Crippen LogP contribution in [0.15, 0.2) is 60.7 Å². The predicted octanol–water partition coefficient (Wildman–Crippen LogP) is 3.58. The third kappa shape index (κ3) is 4.82. The van der Waals surface area contributed by atoms with Crippen LogP contribution in [-0.2, 0) is 11.2 Å². The molecule has 0 fully saturated rings. The highest BCUT2D eigenvalue weighted by Crippen LogP contribution is 2.33. The molecule has 122 valence electrons. The van der Waals surface area contributed by atoms with Gasteiger partial charge in [0.2, 0.25) is 0 Å². The van der Waals surface area contributed by atoms with E-state index >= 15 is 0 Å². The number of carboxylic acids is 1. The molecule has 0 spiro atoms. The van der Waals surface area contributed by atoms with Crippen LogP contribution in [0.4, 0.5) is 13.2 Å². The minimum atomic E-state index is -4.59. The highest BCUT2D eigenvalue weighted by atomic mass is 19.4. The lowest BCUT2D eigenvalue weighted by atomic mass is 10.0. The second-order valence-electron chi connectivity index (χ2n) is 5.13. The molecule has 2 aromatic carbocycles. The largest absolute Gasteiger partial charge is 0.480 e. The zero-order valence-electron chi connectivity index (χ0n) is 12.1. The van der Waals surface area contributed by atoms with Gasteiger partial charge in [0.15, 0.2) is 0 Å². The first kappa shape index (κ1) is 17.0. The number of hydrogen-bond acceptors (Lipinski definition) is 2. The summed E-state index contributed by atoms with van der Waals surface area (Å²) in [6.07, 6.45) is -4.62. The van der Waals surface area contributed by atoms with Crippen LogP contribution in [0.25, 0.3) is 0 Å². The third-order valence-corrected chi connectivity index (χ3v) is 3.41. The molecule has 0 aliphatic rings. The van der Waals surface area contributed by atoms with Crippen molar-refractivity contribution < 1.29 is 23.1 Å². The monoisotopic (exact) mass is 323 g/mol. The van der Waals surface area contributed by atoms with Gasteiger partial charge in [-0.25, -0.2) is 0 Å². The van der Waals surface area contributed by atoms with Crippen molar-refractivity contribution in [2.75, 3.05) is 0 Å². The van der Waals surface area contributed by atoms with Crippen molar-refractivity contribution in [2.45, 2.75) is 24.7 Å². The molecule has 0 saturated carbocycles. The maximum absolute atomic E-state index is 13.3. The van der Waals surface area contributed by atoms with Gasteiger partial charge in [0, 0.05) is 0 Å². The van der Waals surface area contributed by atoms with Crippen molar-refractivity contribution in [3.05, 3.63) is 71.8 Å². The summed E-state index contributed by atoms with van der Waals surface area (Å²) in [6, 6.07) is 12.4. The third-order valence-electron chi connectivity index (χ3n) is 3.41. The van der Waals surface area contributed by atoms with Gasteiger partial charge in [-0.2, -0.15) is 13.2 Å². The SMILES string of the molecule is O=C(O)[C@H](Cc1ccccc1)N[C@@H](c1ccccc1)C(F)(F)F. The fourth-order valence-electron chi connectivity index (χ4n) is 2.29. The number of hydrogen-bond donors (Lipinski definition) is 2. The van der Waals surface area contributed by atoms with Crippen LogP contribution >= 0.6 is 0 Å². The Balaban J connectivity index is 2.23. The van der Waals surface area contributed by atoms with Gasteiger partial charge in [0.1, 0.15) is 12.1 Å². The molecule has 6 heteroatoms. The topological polar surface area (TPSA) is 49.3 Å². The van der Waals surface area contributed by atoms with Crippen molar-refractivity contribution in [2.24, 2.45) is 0 Å². The number of carboxylic acid groups (broad SMARTS) is 1. The number of aliphatic carboxylic acids is 1. The molecule has 23 heavy (non-hydrogen) atoms. The lowest BCUT2D eigenvalue weighted by Crippen LogP contribution is -2.45. The van der Waals surface area contributed by atoms with E-state index in [9.17, 15) is 23.1 Å². The van der Waals surface area contributed by atoms with Crippen molar-refractivity contribution in [1.29, 1.82) is 0 Å². The minimum Gasteiger partial charge on any atom is -0.480 e. The van der Waals surface area contributed by atoms with Crippen LogP contribution in [0.1, 0.15) is 17.2 Å². The minimum absolute atomic E-state index is 0.0145. The van der Waals surface area contributed by atoms with E-state index in [4.69, 9.17) is 0 Å². The maximum Gasteiger partial charge on any atom is 0.407 e. The molecule has 0 amide bonds. The van der Waals surface area contributed by atoms with Crippen LogP contribution in [0, 0.1) is 0 Å². The van der Waals surface area contributed by atoms with Crippen molar-refractivity contribution in [1.82, 2.24) is 5.32 Å². The normalized spacial score (nSPS) is 14.2. The zero-order chi connectivity index (χ0) is 16.9. The zero-order valence-corrected chi connectivity index (χ0v) is 12.1. The van der Waals surface area contributed by atoms with E-state index in [2.05, 4.69) is 5.32 Å². The van der Waals surface area contributed by atoms with E-state index in [1.165, 1.54) is 24.3 Å². The summed E-state index contributed by atoms with van der Waals surface area (Å²) >= 11 is 0. The number of nitrogens with one attached hydrogen (secondary N) is 1. The molecule has 0 aliphatic carbocycles. The first-order valence-corrected chi connectivity index (χ1v) is 7.02. The Morgan fingerprint density at radius 3 is 2.00 bits per heavy atom. The quantitative estimate of drug-likeness (QED) is 0.854. The summed E-state index contributed by atoms with van der Waals surface area (Å²) in [7, 11) is 0. The summed E-state index contributed by atoms with van der Waals surface area (Å²) in [5, 5.41) is 11.5. The fourth-order valence-corrected chi connectivity index (χ4v) is 2.29. The number of halogens is 3. The van der Waals surface area contributed by atoms with Gasteiger partial charge in [-0.05, 0) is 17.5 Å². The van der Waals surface area contributed by atoms with Crippen LogP contribution in [0.3, 0.4) is 0 Å². The molecular formula is C17H16F3NO2. The number of benzene rings is 2. The lowest BCUT2D eigenvalue weighted by Gasteiger charge is -2.26. The molecule has 0 aromatic heterocycles. The lowest BCUT2D eigenvalue weighted by molar-refractivity contribution is -0.163. The van der Waals surface area contributed by atoms with Gasteiger partial charge in [0.05, 0.1) is 0 Å². The van der Waals surface area contributed by atoms with Crippen LogP contribution in [0.5, 0.6) is 0 Å². The second kappa shape index (κ2) is 7.28. The predicted molar refractivity (Wildman–Crippen MR) is 79.9 cm³/mol. The van der Waals surface area contributed by atoms with E-state index < -0.39 is 24.2 Å². The molecule has 2 atom stereocenters. The summed E-state index contributed by atoms with van der Waals surface area (Å²) in [6.45, 7) is 0. The van der Waals surface area contributed by atoms with Gasteiger partial charge in [-0.1, -0.05) is 60.7 Å². The molecular weight excluding hydrogens is 307 g/mol. The van der Waals surface area contributed by atoms with Gasteiger partial charge in [-0.3, -0.25) is 10.1 Å². The number of rotatable bonds is 6. The van der Waals surface area contributed by atoms with E-state index in [-0.39, 0.29) is 12.0 Å². The first-order valence-electron chi connectivity index (χ1n) is 7.02.